The van der Waals surface area contributed by atoms with Crippen LogP contribution in [-0.4, -0.2) is 19.5 Å². The van der Waals surface area contributed by atoms with E-state index in [1.165, 1.54) is 44.0 Å². The molecule has 9 aromatic rings. The van der Waals surface area contributed by atoms with E-state index >= 15 is 0 Å². The Kier molecular flexibility index (Phi) is 7.55. The number of rotatable bonds is 4. The van der Waals surface area contributed by atoms with Crippen molar-refractivity contribution in [2.75, 3.05) is 0 Å². The van der Waals surface area contributed by atoms with Gasteiger partial charge in [0, 0.05) is 32.9 Å². The van der Waals surface area contributed by atoms with E-state index in [9.17, 15) is 0 Å². The first-order valence-corrected chi connectivity index (χ1v) is 18.1. The normalized spacial score (nSPS) is 12.8. The Bertz CT molecular complexity index is 2720. The summed E-state index contributed by atoms with van der Waals surface area (Å²) in [7, 11) is 0. The molecule has 0 N–H and O–H groups in total. The summed E-state index contributed by atoms with van der Waals surface area (Å²) in [5.41, 5.74) is 11.6. The van der Waals surface area contributed by atoms with Crippen molar-refractivity contribution >= 4 is 32.6 Å². The minimum Gasteiger partial charge on any atom is -0.277 e. The Morgan fingerprint density at radius 1 is 0.462 bits per heavy atom. The second-order valence-corrected chi connectivity index (χ2v) is 13.7. The summed E-state index contributed by atoms with van der Waals surface area (Å²) in [4.78, 5) is 15.6. The Morgan fingerprint density at radius 2 is 0.981 bits per heavy atom. The van der Waals surface area contributed by atoms with Crippen LogP contribution in [0.5, 0.6) is 0 Å². The molecule has 7 aromatic carbocycles. The fourth-order valence-corrected chi connectivity index (χ4v) is 8.15. The van der Waals surface area contributed by atoms with Gasteiger partial charge in [0.05, 0.1) is 11.0 Å². The van der Waals surface area contributed by atoms with Crippen molar-refractivity contribution < 1.29 is 0 Å². The molecule has 0 fully saturated rings. The second kappa shape index (κ2) is 12.4. The molecule has 10 rings (SSSR count). The highest BCUT2D eigenvalue weighted by molar-refractivity contribution is 6.17. The van der Waals surface area contributed by atoms with Crippen LogP contribution in [0.2, 0.25) is 0 Å². The lowest BCUT2D eigenvalue weighted by molar-refractivity contribution is 0.662. The molecule has 0 amide bonds. The summed E-state index contributed by atoms with van der Waals surface area (Å²) in [6, 6.07) is 55.9. The molecular formula is C48H38N4. The van der Waals surface area contributed by atoms with Crippen LogP contribution in [0, 0.1) is 0 Å². The number of hydrogen-bond donors (Lipinski definition) is 0. The van der Waals surface area contributed by atoms with E-state index in [0.29, 0.717) is 17.6 Å². The SMILES string of the molecule is CC.CC1(C)c2ccccc2-c2cccc(-c3cccc4c5cc6ccccc6cc5n(-c5nc(-c6ccccc6)nc(-c6ccccc6)n5)c34)c21. The minimum atomic E-state index is -0.176. The van der Waals surface area contributed by atoms with Gasteiger partial charge in [-0.05, 0) is 50.7 Å². The fraction of sp³-hybridized carbons (Fsp3) is 0.104. The summed E-state index contributed by atoms with van der Waals surface area (Å²) in [5.74, 6) is 1.87. The average molecular weight is 671 g/mol. The number of hydrogen-bond acceptors (Lipinski definition) is 3. The molecule has 0 bridgehead atoms. The highest BCUT2D eigenvalue weighted by atomic mass is 15.2. The highest BCUT2D eigenvalue weighted by Gasteiger charge is 2.37. The molecule has 0 spiro atoms. The zero-order valence-corrected chi connectivity index (χ0v) is 29.8. The van der Waals surface area contributed by atoms with E-state index in [1.807, 2.05) is 50.2 Å². The molecule has 52 heavy (non-hydrogen) atoms. The van der Waals surface area contributed by atoms with Gasteiger partial charge < -0.3 is 0 Å². The van der Waals surface area contributed by atoms with Crippen LogP contribution in [0.1, 0.15) is 38.8 Å². The molecule has 0 saturated heterocycles. The fourth-order valence-electron chi connectivity index (χ4n) is 8.15. The molecule has 2 aromatic heterocycles. The van der Waals surface area contributed by atoms with E-state index in [-0.39, 0.29) is 5.41 Å². The van der Waals surface area contributed by atoms with Crippen LogP contribution >= 0.6 is 0 Å². The molecule has 4 heteroatoms. The lowest BCUT2D eigenvalue weighted by Gasteiger charge is -2.25. The lowest BCUT2D eigenvalue weighted by atomic mass is 9.78. The van der Waals surface area contributed by atoms with Crippen LogP contribution in [0.15, 0.2) is 158 Å². The number of aromatic nitrogens is 4. The first-order chi connectivity index (χ1) is 25.6. The Hall–Kier alpha value is -6.39. The van der Waals surface area contributed by atoms with Gasteiger partial charge in [-0.25, -0.2) is 4.98 Å². The van der Waals surface area contributed by atoms with Crippen molar-refractivity contribution in [3.63, 3.8) is 0 Å². The maximum atomic E-state index is 5.26. The molecule has 2 heterocycles. The second-order valence-electron chi connectivity index (χ2n) is 13.7. The van der Waals surface area contributed by atoms with Gasteiger partial charge >= 0.3 is 0 Å². The lowest BCUT2D eigenvalue weighted by Crippen LogP contribution is -2.16. The van der Waals surface area contributed by atoms with E-state index in [1.54, 1.807) is 0 Å². The Balaban J connectivity index is 0.00000177. The topological polar surface area (TPSA) is 43.6 Å². The largest absolute Gasteiger partial charge is 0.277 e. The van der Waals surface area contributed by atoms with Crippen LogP contribution < -0.4 is 0 Å². The summed E-state index contributed by atoms with van der Waals surface area (Å²) in [5, 5.41) is 4.70. The van der Waals surface area contributed by atoms with E-state index in [4.69, 9.17) is 15.0 Å². The van der Waals surface area contributed by atoms with Crippen LogP contribution in [-0.2, 0) is 5.41 Å². The van der Waals surface area contributed by atoms with Gasteiger partial charge in [0.1, 0.15) is 0 Å². The van der Waals surface area contributed by atoms with E-state index in [2.05, 4.69) is 140 Å². The number of nitrogens with zero attached hydrogens (tertiary/aromatic N) is 4. The predicted octanol–water partition coefficient (Wildman–Crippen LogP) is 12.5. The Labute approximate surface area is 304 Å². The third-order valence-corrected chi connectivity index (χ3v) is 10.4. The van der Waals surface area contributed by atoms with Gasteiger partial charge in [-0.1, -0.05) is 173 Å². The Morgan fingerprint density at radius 3 is 1.65 bits per heavy atom. The maximum absolute atomic E-state index is 5.26. The number of fused-ring (bicyclic) bond motifs is 7. The zero-order chi connectivity index (χ0) is 35.4. The van der Waals surface area contributed by atoms with E-state index in [0.717, 1.165) is 33.1 Å². The number of benzene rings is 7. The van der Waals surface area contributed by atoms with Crippen LogP contribution in [0.4, 0.5) is 0 Å². The van der Waals surface area contributed by atoms with Crippen molar-refractivity contribution in [1.29, 1.82) is 0 Å². The molecule has 1 aliphatic rings. The van der Waals surface area contributed by atoms with Gasteiger partial charge in [0.25, 0.3) is 0 Å². The standard InChI is InChI=1S/C46H32N4.C2H6/c1-46(2)39-26-12-11-21-33(39)34-22-13-23-35(41(34)46)36-24-14-25-37-38-27-31-19-9-10-20-32(31)28-40(38)50(42(36)37)45-48-43(29-15-5-3-6-16-29)47-44(49-45)30-17-7-4-8-18-30;1-2/h3-28H,1-2H3;1-2H3. The van der Waals surface area contributed by atoms with Crippen LogP contribution in [0.3, 0.4) is 0 Å². The minimum absolute atomic E-state index is 0.176. The summed E-state index contributed by atoms with van der Waals surface area (Å²) in [6.07, 6.45) is 0. The molecule has 0 unspecified atom stereocenters. The van der Waals surface area contributed by atoms with Gasteiger partial charge in [0.2, 0.25) is 5.95 Å². The van der Waals surface area contributed by atoms with Gasteiger partial charge in [0.15, 0.2) is 11.6 Å². The zero-order valence-electron chi connectivity index (χ0n) is 29.8. The van der Waals surface area contributed by atoms with Crippen molar-refractivity contribution in [3.8, 4) is 51.0 Å². The molecule has 1 aliphatic carbocycles. The predicted molar refractivity (Wildman–Crippen MR) is 217 cm³/mol. The smallest absolute Gasteiger partial charge is 0.238 e. The monoisotopic (exact) mass is 670 g/mol. The molecule has 0 saturated carbocycles. The average Bonchev–Trinajstić information content (AvgIpc) is 3.66. The van der Waals surface area contributed by atoms with Crippen LogP contribution in [0.25, 0.3) is 83.6 Å². The van der Waals surface area contributed by atoms with Crippen molar-refractivity contribution in [1.82, 2.24) is 19.5 Å². The van der Waals surface area contributed by atoms with Crippen molar-refractivity contribution in [2.45, 2.75) is 33.1 Å². The third kappa shape index (κ3) is 4.86. The molecule has 0 radical (unpaired) electrons. The third-order valence-electron chi connectivity index (χ3n) is 10.4. The quantitative estimate of drug-likeness (QED) is 0.187. The highest BCUT2D eigenvalue weighted by Crippen LogP contribution is 2.53. The summed E-state index contributed by atoms with van der Waals surface area (Å²) < 4.78 is 2.28. The van der Waals surface area contributed by atoms with Crippen molar-refractivity contribution in [2.24, 2.45) is 0 Å². The molecule has 0 aliphatic heterocycles. The van der Waals surface area contributed by atoms with Gasteiger partial charge in [-0.3, -0.25) is 4.57 Å². The molecule has 250 valence electrons. The van der Waals surface area contributed by atoms with Gasteiger partial charge in [-0.2, -0.15) is 9.97 Å². The first kappa shape index (κ1) is 31.6. The molecule has 0 atom stereocenters. The summed E-state index contributed by atoms with van der Waals surface area (Å²) >= 11 is 0. The molecular weight excluding hydrogens is 633 g/mol. The summed E-state index contributed by atoms with van der Waals surface area (Å²) in [6.45, 7) is 8.71. The van der Waals surface area contributed by atoms with Gasteiger partial charge in [-0.15, -0.1) is 0 Å². The maximum Gasteiger partial charge on any atom is 0.238 e. The van der Waals surface area contributed by atoms with E-state index < -0.39 is 0 Å². The van der Waals surface area contributed by atoms with Crippen molar-refractivity contribution in [3.05, 3.63) is 169 Å². The molecule has 4 nitrogen and oxygen atoms in total. The first-order valence-electron chi connectivity index (χ1n) is 18.1. The number of para-hydroxylation sites is 1.